The maximum atomic E-state index is 8.49. The molecule has 12 nitrogen and oxygen atoms in total. The van der Waals surface area contributed by atoms with E-state index in [1.165, 1.54) is 39.0 Å². The zero-order valence-corrected chi connectivity index (χ0v) is 17.8. The second kappa shape index (κ2) is 18.6. The molecule has 168 valence electrons. The SMILES string of the molecule is CN1CCCNCCNCCCN(C)CC1.[Ni+2].[O-][Cl+3]([O-])([O-])[O-].[O-][Cl+3]([O-])([O-])[O-]. The molecule has 0 aromatic carbocycles. The average molecular weight is 486 g/mol. The molecule has 0 saturated carbocycles. The topological polar surface area (TPSA) is 215 Å². The summed E-state index contributed by atoms with van der Waals surface area (Å²) in [6.45, 7) is 9.25. The maximum absolute atomic E-state index is 8.49. The van der Waals surface area contributed by atoms with Crippen LogP contribution in [0.1, 0.15) is 12.8 Å². The Morgan fingerprint density at radius 3 is 1.07 bits per heavy atom. The van der Waals surface area contributed by atoms with Crippen LogP contribution in [0.5, 0.6) is 0 Å². The van der Waals surface area contributed by atoms with Gasteiger partial charge in [0.2, 0.25) is 0 Å². The van der Waals surface area contributed by atoms with Crippen molar-refractivity contribution in [2.24, 2.45) is 0 Å². The first-order valence-corrected chi connectivity index (χ1v) is 10.3. The van der Waals surface area contributed by atoms with Gasteiger partial charge in [0.25, 0.3) is 0 Å². The Balaban J connectivity index is -0.000000436. The van der Waals surface area contributed by atoms with Gasteiger partial charge < -0.3 is 20.4 Å². The standard InChI is InChI=1S/C12H28N4.2ClHO4.Ni/c1-15-9-3-5-13-7-8-14-6-4-10-16(2)12-11-15;2*2-1(3,4)5;/h13-14H,3-12H2,1-2H3;2*(H,2,3,4,5);/q;;;+2/p-2. The van der Waals surface area contributed by atoms with Gasteiger partial charge >= 0.3 is 16.5 Å². The van der Waals surface area contributed by atoms with Crippen LogP contribution in [0.3, 0.4) is 0 Å². The van der Waals surface area contributed by atoms with E-state index in [9.17, 15) is 0 Å². The minimum atomic E-state index is -4.94. The van der Waals surface area contributed by atoms with Crippen LogP contribution >= 0.6 is 0 Å². The first-order chi connectivity index (χ1) is 11.8. The Labute approximate surface area is 174 Å². The smallest absolute Gasteiger partial charge is 0.315 e. The molecule has 1 rings (SSSR count). The van der Waals surface area contributed by atoms with Gasteiger partial charge in [0, 0.05) is 26.2 Å². The number of likely N-dealkylation sites (N-methyl/N-ethyl adjacent to an activating group) is 2. The zero-order valence-electron chi connectivity index (χ0n) is 15.3. The van der Waals surface area contributed by atoms with Crippen molar-refractivity contribution in [1.82, 2.24) is 20.4 Å². The van der Waals surface area contributed by atoms with Crippen molar-refractivity contribution in [2.45, 2.75) is 12.8 Å². The Morgan fingerprint density at radius 2 is 0.815 bits per heavy atom. The largest absolute Gasteiger partial charge is 2.00 e. The van der Waals surface area contributed by atoms with E-state index in [4.69, 9.17) is 37.3 Å². The summed E-state index contributed by atoms with van der Waals surface area (Å²) < 4.78 is 67.9. The molecule has 0 bridgehead atoms. The molecule has 0 atom stereocenters. The summed E-state index contributed by atoms with van der Waals surface area (Å²) in [6.07, 6.45) is 2.50. The van der Waals surface area contributed by atoms with Gasteiger partial charge in [-0.25, -0.2) is 37.3 Å². The molecule has 1 aliphatic heterocycles. The summed E-state index contributed by atoms with van der Waals surface area (Å²) in [5, 5.41) is 6.94. The van der Waals surface area contributed by atoms with Crippen LogP contribution in [0.25, 0.3) is 0 Å². The molecule has 0 aliphatic carbocycles. The fourth-order valence-electron chi connectivity index (χ4n) is 1.94. The van der Waals surface area contributed by atoms with E-state index in [1.54, 1.807) is 0 Å². The molecular weight excluding hydrogens is 458 g/mol. The van der Waals surface area contributed by atoms with Crippen LogP contribution in [0.15, 0.2) is 0 Å². The molecule has 0 spiro atoms. The van der Waals surface area contributed by atoms with Crippen LogP contribution in [-0.2, 0) is 16.5 Å². The van der Waals surface area contributed by atoms with Gasteiger partial charge in [0.15, 0.2) is 0 Å². The molecule has 1 aliphatic rings. The van der Waals surface area contributed by atoms with Crippen molar-refractivity contribution < 1.29 is 74.2 Å². The molecule has 1 heterocycles. The van der Waals surface area contributed by atoms with Crippen molar-refractivity contribution in [1.29, 1.82) is 0 Å². The van der Waals surface area contributed by atoms with E-state index in [0.717, 1.165) is 26.2 Å². The third-order valence-electron chi connectivity index (χ3n) is 3.13. The van der Waals surface area contributed by atoms with Gasteiger partial charge in [0.05, 0.1) is 0 Å². The Morgan fingerprint density at radius 1 is 0.556 bits per heavy atom. The molecule has 0 amide bonds. The first-order valence-electron chi connectivity index (χ1n) is 7.81. The van der Waals surface area contributed by atoms with Gasteiger partial charge in [0.1, 0.15) is 0 Å². The molecule has 0 unspecified atom stereocenters. The second-order valence-electron chi connectivity index (χ2n) is 5.57. The summed E-state index contributed by atoms with van der Waals surface area (Å²) >= 11 is 0. The summed E-state index contributed by atoms with van der Waals surface area (Å²) in [5.41, 5.74) is 0. The van der Waals surface area contributed by atoms with Crippen LogP contribution in [-0.4, -0.2) is 76.3 Å². The van der Waals surface area contributed by atoms with Gasteiger partial charge in [-0.15, -0.1) is 20.5 Å². The minimum Gasteiger partial charge on any atom is -0.315 e. The van der Waals surface area contributed by atoms with Crippen molar-refractivity contribution in [3.8, 4) is 0 Å². The van der Waals surface area contributed by atoms with Crippen molar-refractivity contribution in [2.75, 3.05) is 66.5 Å². The molecule has 2 N–H and O–H groups in total. The predicted molar refractivity (Wildman–Crippen MR) is 70.0 cm³/mol. The number of nitrogens with zero attached hydrogens (tertiary/aromatic N) is 2. The number of halogens is 2. The van der Waals surface area contributed by atoms with E-state index >= 15 is 0 Å². The van der Waals surface area contributed by atoms with E-state index in [-0.39, 0.29) is 16.5 Å². The summed E-state index contributed by atoms with van der Waals surface area (Å²) in [6, 6.07) is 0. The Kier molecular flexibility index (Phi) is 22.2. The van der Waals surface area contributed by atoms with Gasteiger partial charge in [-0.05, 0) is 53.1 Å². The summed E-state index contributed by atoms with van der Waals surface area (Å²) in [5.74, 6) is 0. The number of nitrogens with one attached hydrogen (secondary N) is 2. The van der Waals surface area contributed by atoms with Crippen LogP contribution in [0.2, 0.25) is 0 Å². The third-order valence-corrected chi connectivity index (χ3v) is 3.13. The molecule has 15 heteroatoms. The molecule has 27 heavy (non-hydrogen) atoms. The van der Waals surface area contributed by atoms with Gasteiger partial charge in [-0.3, -0.25) is 0 Å². The molecular formula is C12H28Cl2N4NiO8. The predicted octanol–water partition coefficient (Wildman–Crippen LogP) is -9.69. The second-order valence-corrected chi connectivity index (χ2v) is 7.08. The van der Waals surface area contributed by atoms with Gasteiger partial charge in [-0.1, -0.05) is 0 Å². The van der Waals surface area contributed by atoms with Crippen LogP contribution < -0.4 is 47.9 Å². The molecule has 1 saturated heterocycles. The fraction of sp³-hybridized carbons (Fsp3) is 1.00. The summed E-state index contributed by atoms with van der Waals surface area (Å²) in [7, 11) is -5.44. The fourth-order valence-corrected chi connectivity index (χ4v) is 1.94. The number of rotatable bonds is 0. The zero-order chi connectivity index (χ0) is 20.6. The van der Waals surface area contributed by atoms with Gasteiger partial charge in [-0.2, -0.15) is 0 Å². The third kappa shape index (κ3) is 46.5. The van der Waals surface area contributed by atoms with E-state index < -0.39 is 20.5 Å². The number of hydrogen-bond acceptors (Lipinski definition) is 12. The molecule has 0 aromatic rings. The minimum absolute atomic E-state index is 0. The van der Waals surface area contributed by atoms with E-state index in [0.29, 0.717) is 0 Å². The summed E-state index contributed by atoms with van der Waals surface area (Å²) in [4.78, 5) is 4.87. The monoisotopic (exact) mass is 484 g/mol. The Bertz CT molecular complexity index is 285. The molecule has 1 fully saturated rings. The van der Waals surface area contributed by atoms with Crippen LogP contribution in [0, 0.1) is 20.5 Å². The van der Waals surface area contributed by atoms with Crippen LogP contribution in [0.4, 0.5) is 0 Å². The normalized spacial score (nSPS) is 19.3. The van der Waals surface area contributed by atoms with Crippen molar-refractivity contribution >= 4 is 0 Å². The maximum Gasteiger partial charge on any atom is 2.00 e. The first kappa shape index (κ1) is 32.3. The van der Waals surface area contributed by atoms with E-state index in [1.807, 2.05) is 0 Å². The Hall–Kier alpha value is 0.594. The number of hydrogen-bond donors (Lipinski definition) is 2. The van der Waals surface area contributed by atoms with Crippen molar-refractivity contribution in [3.05, 3.63) is 0 Å². The van der Waals surface area contributed by atoms with E-state index in [2.05, 4.69) is 34.5 Å². The van der Waals surface area contributed by atoms with Crippen molar-refractivity contribution in [3.63, 3.8) is 0 Å². The molecule has 0 radical (unpaired) electrons. The quantitative estimate of drug-likeness (QED) is 0.306. The average Bonchev–Trinajstić information content (AvgIpc) is 2.43. The molecule has 0 aromatic heterocycles.